The SMILES string of the molecule is COCCOCCCCOC1(OCCCCOCCOC)CCC(C(C)=O)CC1. The summed E-state index contributed by atoms with van der Waals surface area (Å²) in [6.45, 7) is 6.94. The van der Waals surface area contributed by atoms with Crippen LogP contribution in [0.3, 0.4) is 0 Å². The molecule has 0 radical (unpaired) electrons. The van der Waals surface area contributed by atoms with E-state index in [1.165, 1.54) is 0 Å². The highest BCUT2D eigenvalue weighted by Crippen LogP contribution is 2.36. The number of ketones is 1. The van der Waals surface area contributed by atoms with Gasteiger partial charge in [0.05, 0.1) is 39.6 Å². The van der Waals surface area contributed by atoms with Crippen LogP contribution in [-0.4, -0.2) is 78.6 Å². The quantitative estimate of drug-likeness (QED) is 0.235. The maximum Gasteiger partial charge on any atom is 0.168 e. The number of ether oxygens (including phenoxy) is 6. The second-order valence-electron chi connectivity index (χ2n) is 7.62. The van der Waals surface area contributed by atoms with Crippen molar-refractivity contribution in [1.29, 1.82) is 0 Å². The predicted molar refractivity (Wildman–Crippen MR) is 111 cm³/mol. The van der Waals surface area contributed by atoms with Crippen LogP contribution in [0.1, 0.15) is 58.3 Å². The second kappa shape index (κ2) is 17.1. The van der Waals surface area contributed by atoms with E-state index in [1.54, 1.807) is 21.1 Å². The van der Waals surface area contributed by atoms with Crippen LogP contribution in [0, 0.1) is 5.92 Å². The fraction of sp³-hybridized carbons (Fsp3) is 0.955. The maximum absolute atomic E-state index is 11.7. The van der Waals surface area contributed by atoms with E-state index in [0.717, 1.165) is 64.6 Å². The lowest BCUT2D eigenvalue weighted by Gasteiger charge is -2.39. The Balaban J connectivity index is 2.27. The third-order valence-electron chi connectivity index (χ3n) is 5.28. The highest BCUT2D eigenvalue weighted by atomic mass is 16.7. The van der Waals surface area contributed by atoms with Crippen LogP contribution in [0.5, 0.6) is 0 Å². The molecule has 7 nitrogen and oxygen atoms in total. The van der Waals surface area contributed by atoms with Crippen LogP contribution in [0.15, 0.2) is 0 Å². The van der Waals surface area contributed by atoms with Gasteiger partial charge in [-0.1, -0.05) is 0 Å². The number of unbranched alkanes of at least 4 members (excludes halogenated alkanes) is 2. The number of carbonyl (C=O) groups excluding carboxylic acids is 1. The molecule has 0 unspecified atom stereocenters. The molecule has 1 aliphatic rings. The van der Waals surface area contributed by atoms with Gasteiger partial charge >= 0.3 is 0 Å². The molecule has 1 aliphatic carbocycles. The molecule has 0 N–H and O–H groups in total. The Labute approximate surface area is 176 Å². The molecule has 0 aliphatic heterocycles. The van der Waals surface area contributed by atoms with E-state index in [4.69, 9.17) is 28.4 Å². The van der Waals surface area contributed by atoms with Gasteiger partial charge in [0.15, 0.2) is 5.79 Å². The number of methoxy groups -OCH3 is 2. The number of Topliss-reactive ketones (excluding diaryl/α,β-unsaturated/α-hetero) is 1. The Bertz CT molecular complexity index is 373. The lowest BCUT2D eigenvalue weighted by molar-refractivity contribution is -0.256. The first kappa shape index (κ1) is 26.5. The second-order valence-corrected chi connectivity index (χ2v) is 7.62. The van der Waals surface area contributed by atoms with Crippen molar-refractivity contribution in [3.8, 4) is 0 Å². The zero-order chi connectivity index (χ0) is 21.2. The monoisotopic (exact) mass is 418 g/mol. The minimum Gasteiger partial charge on any atom is -0.382 e. The summed E-state index contributed by atoms with van der Waals surface area (Å²) in [4.78, 5) is 11.7. The van der Waals surface area contributed by atoms with E-state index in [9.17, 15) is 4.79 Å². The van der Waals surface area contributed by atoms with Gasteiger partial charge in [-0.25, -0.2) is 0 Å². The van der Waals surface area contributed by atoms with Crippen LogP contribution in [-0.2, 0) is 33.2 Å². The summed E-state index contributed by atoms with van der Waals surface area (Å²) in [6, 6.07) is 0. The van der Waals surface area contributed by atoms with Crippen molar-refractivity contribution >= 4 is 5.78 Å². The van der Waals surface area contributed by atoms with Gasteiger partial charge in [0.25, 0.3) is 0 Å². The molecule has 7 heteroatoms. The van der Waals surface area contributed by atoms with Crippen molar-refractivity contribution in [3.63, 3.8) is 0 Å². The largest absolute Gasteiger partial charge is 0.382 e. The summed E-state index contributed by atoms with van der Waals surface area (Å²) in [5.74, 6) is -0.113. The van der Waals surface area contributed by atoms with E-state index < -0.39 is 5.79 Å². The van der Waals surface area contributed by atoms with Gasteiger partial charge in [0.1, 0.15) is 5.78 Å². The smallest absolute Gasteiger partial charge is 0.168 e. The first-order chi connectivity index (χ1) is 14.1. The van der Waals surface area contributed by atoms with Gasteiger partial charge in [0, 0.05) is 46.2 Å². The van der Waals surface area contributed by atoms with Crippen LogP contribution in [0.4, 0.5) is 0 Å². The molecule has 0 spiro atoms. The molecule has 0 amide bonds. The van der Waals surface area contributed by atoms with Gasteiger partial charge in [-0.05, 0) is 45.4 Å². The Kier molecular flexibility index (Phi) is 15.6. The maximum atomic E-state index is 11.7. The molecule has 1 rings (SSSR count). The molecule has 1 saturated carbocycles. The standard InChI is InChI=1S/C22H42O7/c1-20(23)21-8-10-22(11-9-21,28-14-6-4-12-26-18-16-24-2)29-15-7-5-13-27-19-17-25-3/h21H,4-19H2,1-3H3. The minimum absolute atomic E-state index is 0.152. The molecule has 0 aromatic rings. The molecule has 0 atom stereocenters. The predicted octanol–water partition coefficient (Wildman–Crippen LogP) is 3.38. The first-order valence-electron chi connectivity index (χ1n) is 11.1. The summed E-state index contributed by atoms with van der Waals surface area (Å²) in [5, 5.41) is 0. The zero-order valence-electron chi connectivity index (χ0n) is 18.7. The normalized spacial score (nSPS) is 16.9. The third kappa shape index (κ3) is 12.7. The van der Waals surface area contributed by atoms with Gasteiger partial charge in [-0.2, -0.15) is 0 Å². The highest BCUT2D eigenvalue weighted by molar-refractivity contribution is 5.78. The van der Waals surface area contributed by atoms with Gasteiger partial charge in [-0.15, -0.1) is 0 Å². The fourth-order valence-electron chi connectivity index (χ4n) is 3.41. The molecule has 172 valence electrons. The Morgan fingerprint density at radius 1 is 0.724 bits per heavy atom. The van der Waals surface area contributed by atoms with Crippen molar-refractivity contribution in [2.24, 2.45) is 5.92 Å². The number of carbonyl (C=O) groups is 1. The molecule has 0 aromatic carbocycles. The summed E-state index contributed by atoms with van der Waals surface area (Å²) in [6.07, 6.45) is 7.02. The first-order valence-corrected chi connectivity index (χ1v) is 11.1. The van der Waals surface area contributed by atoms with Crippen LogP contribution in [0.2, 0.25) is 0 Å². The van der Waals surface area contributed by atoms with Crippen LogP contribution < -0.4 is 0 Å². The van der Waals surface area contributed by atoms with Crippen LogP contribution in [0.25, 0.3) is 0 Å². The van der Waals surface area contributed by atoms with Crippen molar-refractivity contribution in [2.45, 2.75) is 64.1 Å². The summed E-state index contributed by atoms with van der Waals surface area (Å²) < 4.78 is 33.4. The molecule has 0 aromatic heterocycles. The van der Waals surface area contributed by atoms with E-state index in [-0.39, 0.29) is 11.7 Å². The van der Waals surface area contributed by atoms with Crippen molar-refractivity contribution in [1.82, 2.24) is 0 Å². The molecule has 1 fully saturated rings. The summed E-state index contributed by atoms with van der Waals surface area (Å²) in [7, 11) is 3.35. The fourth-order valence-corrected chi connectivity index (χ4v) is 3.41. The average molecular weight is 419 g/mol. The van der Waals surface area contributed by atoms with E-state index in [0.29, 0.717) is 39.6 Å². The van der Waals surface area contributed by atoms with Gasteiger partial charge in [0.2, 0.25) is 0 Å². The highest BCUT2D eigenvalue weighted by Gasteiger charge is 2.38. The van der Waals surface area contributed by atoms with Crippen molar-refractivity contribution in [3.05, 3.63) is 0 Å². The number of hydrogen-bond acceptors (Lipinski definition) is 7. The third-order valence-corrected chi connectivity index (χ3v) is 5.28. The Hall–Kier alpha value is -0.570. The Morgan fingerprint density at radius 3 is 1.59 bits per heavy atom. The van der Waals surface area contributed by atoms with Gasteiger partial charge in [-0.3, -0.25) is 4.79 Å². The zero-order valence-corrected chi connectivity index (χ0v) is 18.7. The van der Waals surface area contributed by atoms with Crippen LogP contribution >= 0.6 is 0 Å². The molecular formula is C22H42O7. The van der Waals surface area contributed by atoms with E-state index in [2.05, 4.69) is 0 Å². The molecule has 0 saturated heterocycles. The Morgan fingerprint density at radius 2 is 1.17 bits per heavy atom. The average Bonchev–Trinajstić information content (AvgIpc) is 2.72. The molecular weight excluding hydrogens is 376 g/mol. The van der Waals surface area contributed by atoms with Crippen molar-refractivity contribution < 1.29 is 33.2 Å². The molecule has 0 heterocycles. The summed E-state index contributed by atoms with van der Waals surface area (Å²) in [5.41, 5.74) is 0. The summed E-state index contributed by atoms with van der Waals surface area (Å²) >= 11 is 0. The number of rotatable bonds is 19. The molecule has 29 heavy (non-hydrogen) atoms. The van der Waals surface area contributed by atoms with E-state index >= 15 is 0 Å². The minimum atomic E-state index is -0.542. The lowest BCUT2D eigenvalue weighted by Crippen LogP contribution is -2.41. The van der Waals surface area contributed by atoms with E-state index in [1.807, 2.05) is 0 Å². The van der Waals surface area contributed by atoms with Crippen molar-refractivity contribution in [2.75, 3.05) is 67.1 Å². The lowest BCUT2D eigenvalue weighted by atomic mass is 9.83. The number of hydrogen-bond donors (Lipinski definition) is 0. The topological polar surface area (TPSA) is 72.5 Å². The molecule has 0 bridgehead atoms. The van der Waals surface area contributed by atoms with Gasteiger partial charge < -0.3 is 28.4 Å².